The SMILES string of the molecule is C[C@@H]1C[C@H]1NC(=O)NCC1CC1. The van der Waals surface area contributed by atoms with Gasteiger partial charge in [-0.15, -0.1) is 0 Å². The van der Waals surface area contributed by atoms with Gasteiger partial charge in [-0.3, -0.25) is 0 Å². The van der Waals surface area contributed by atoms with Crippen molar-refractivity contribution in [1.29, 1.82) is 0 Å². The van der Waals surface area contributed by atoms with Crippen molar-refractivity contribution >= 4 is 6.03 Å². The fraction of sp³-hybridized carbons (Fsp3) is 0.889. The van der Waals surface area contributed by atoms with Gasteiger partial charge in [-0.1, -0.05) is 6.92 Å². The first-order chi connectivity index (χ1) is 5.75. The molecule has 2 saturated carbocycles. The van der Waals surface area contributed by atoms with E-state index in [9.17, 15) is 4.79 Å². The second-order valence-corrected chi connectivity index (χ2v) is 4.12. The highest BCUT2D eigenvalue weighted by atomic mass is 16.2. The molecule has 12 heavy (non-hydrogen) atoms. The number of nitrogens with one attached hydrogen (secondary N) is 2. The van der Waals surface area contributed by atoms with Gasteiger partial charge in [0.15, 0.2) is 0 Å². The van der Waals surface area contributed by atoms with Crippen LogP contribution >= 0.6 is 0 Å². The minimum atomic E-state index is 0.0243. The molecule has 2 fully saturated rings. The van der Waals surface area contributed by atoms with Crippen LogP contribution in [0.1, 0.15) is 26.2 Å². The van der Waals surface area contributed by atoms with E-state index in [-0.39, 0.29) is 6.03 Å². The number of carbonyl (C=O) groups is 1. The van der Waals surface area contributed by atoms with Gasteiger partial charge in [-0.25, -0.2) is 4.79 Å². The van der Waals surface area contributed by atoms with Crippen molar-refractivity contribution in [2.45, 2.75) is 32.2 Å². The van der Waals surface area contributed by atoms with Crippen LogP contribution in [0.15, 0.2) is 0 Å². The molecule has 0 aromatic rings. The molecule has 0 unspecified atom stereocenters. The van der Waals surface area contributed by atoms with Crippen molar-refractivity contribution in [3.05, 3.63) is 0 Å². The standard InChI is InChI=1S/C9H16N2O/c1-6-4-8(6)11-9(12)10-5-7-2-3-7/h6-8H,2-5H2,1H3,(H2,10,11,12)/t6-,8-/m1/s1. The summed E-state index contributed by atoms with van der Waals surface area (Å²) in [4.78, 5) is 11.1. The van der Waals surface area contributed by atoms with E-state index in [4.69, 9.17) is 0 Å². The summed E-state index contributed by atoms with van der Waals surface area (Å²) in [6.45, 7) is 3.03. The predicted octanol–water partition coefficient (Wildman–Crippen LogP) is 1.10. The molecule has 0 heterocycles. The van der Waals surface area contributed by atoms with E-state index in [1.165, 1.54) is 12.8 Å². The normalized spacial score (nSPS) is 32.8. The molecule has 0 aromatic heterocycles. The monoisotopic (exact) mass is 168 g/mol. The van der Waals surface area contributed by atoms with E-state index < -0.39 is 0 Å². The summed E-state index contributed by atoms with van der Waals surface area (Å²) >= 11 is 0. The van der Waals surface area contributed by atoms with E-state index in [2.05, 4.69) is 17.6 Å². The second kappa shape index (κ2) is 2.96. The van der Waals surface area contributed by atoms with Gasteiger partial charge in [0.1, 0.15) is 0 Å². The zero-order valence-corrected chi connectivity index (χ0v) is 7.47. The van der Waals surface area contributed by atoms with Gasteiger partial charge >= 0.3 is 6.03 Å². The van der Waals surface area contributed by atoms with Crippen LogP contribution < -0.4 is 10.6 Å². The van der Waals surface area contributed by atoms with E-state index in [1.54, 1.807) is 0 Å². The van der Waals surface area contributed by atoms with Crippen molar-refractivity contribution in [1.82, 2.24) is 10.6 Å². The molecule has 2 amide bonds. The van der Waals surface area contributed by atoms with Crippen LogP contribution in [0.2, 0.25) is 0 Å². The van der Waals surface area contributed by atoms with Crippen molar-refractivity contribution in [2.75, 3.05) is 6.54 Å². The Bertz CT molecular complexity index is 189. The number of amides is 2. The Morgan fingerprint density at radius 1 is 1.50 bits per heavy atom. The highest BCUT2D eigenvalue weighted by molar-refractivity contribution is 5.74. The summed E-state index contributed by atoms with van der Waals surface area (Å²) in [5.74, 6) is 1.46. The minimum Gasteiger partial charge on any atom is -0.338 e. The van der Waals surface area contributed by atoms with E-state index in [1.807, 2.05) is 0 Å². The topological polar surface area (TPSA) is 41.1 Å². The summed E-state index contributed by atoms with van der Waals surface area (Å²) in [5.41, 5.74) is 0. The minimum absolute atomic E-state index is 0.0243. The molecule has 0 spiro atoms. The van der Waals surface area contributed by atoms with Gasteiger partial charge in [0.05, 0.1) is 0 Å². The van der Waals surface area contributed by atoms with Gasteiger partial charge in [-0.05, 0) is 31.1 Å². The molecule has 68 valence electrons. The molecule has 2 atom stereocenters. The van der Waals surface area contributed by atoms with Gasteiger partial charge in [0.2, 0.25) is 0 Å². The summed E-state index contributed by atoms with van der Waals surface area (Å²) < 4.78 is 0. The van der Waals surface area contributed by atoms with Crippen LogP contribution in [-0.2, 0) is 0 Å². The molecule has 3 heteroatoms. The zero-order chi connectivity index (χ0) is 8.55. The van der Waals surface area contributed by atoms with Gasteiger partial charge in [-0.2, -0.15) is 0 Å². The van der Waals surface area contributed by atoms with Crippen molar-refractivity contribution in [3.63, 3.8) is 0 Å². The molecular formula is C9H16N2O. The van der Waals surface area contributed by atoms with E-state index in [0.29, 0.717) is 12.0 Å². The van der Waals surface area contributed by atoms with Crippen LogP contribution in [-0.4, -0.2) is 18.6 Å². The smallest absolute Gasteiger partial charge is 0.315 e. The van der Waals surface area contributed by atoms with Gasteiger partial charge in [0, 0.05) is 12.6 Å². The maximum atomic E-state index is 11.1. The lowest BCUT2D eigenvalue weighted by atomic mass is 10.4. The van der Waals surface area contributed by atoms with Crippen LogP contribution in [0.4, 0.5) is 4.79 Å². The third-order valence-electron chi connectivity index (χ3n) is 2.67. The molecule has 2 aliphatic carbocycles. The first-order valence-corrected chi connectivity index (χ1v) is 4.80. The summed E-state index contributed by atoms with van der Waals surface area (Å²) in [6.07, 6.45) is 3.73. The molecule has 2 aliphatic rings. The largest absolute Gasteiger partial charge is 0.338 e. The Balaban J connectivity index is 1.57. The van der Waals surface area contributed by atoms with E-state index in [0.717, 1.165) is 18.9 Å². The lowest BCUT2D eigenvalue weighted by Crippen LogP contribution is -2.38. The molecular weight excluding hydrogens is 152 g/mol. The fourth-order valence-corrected chi connectivity index (χ4v) is 1.30. The number of hydrogen-bond donors (Lipinski definition) is 2. The Labute approximate surface area is 72.9 Å². The molecule has 0 bridgehead atoms. The van der Waals surface area contributed by atoms with E-state index >= 15 is 0 Å². The maximum Gasteiger partial charge on any atom is 0.315 e. The third-order valence-corrected chi connectivity index (χ3v) is 2.67. The average molecular weight is 168 g/mol. The van der Waals surface area contributed by atoms with Crippen LogP contribution in [0.5, 0.6) is 0 Å². The van der Waals surface area contributed by atoms with Crippen LogP contribution in [0.3, 0.4) is 0 Å². The summed E-state index contributed by atoms with van der Waals surface area (Å²) in [7, 11) is 0. The maximum absolute atomic E-state index is 11.1. The summed E-state index contributed by atoms with van der Waals surface area (Å²) in [5, 5.41) is 5.82. The molecule has 0 aromatic carbocycles. The highest BCUT2D eigenvalue weighted by Gasteiger charge is 2.34. The van der Waals surface area contributed by atoms with Gasteiger partial charge in [0.25, 0.3) is 0 Å². The quantitative estimate of drug-likeness (QED) is 0.651. The first-order valence-electron chi connectivity index (χ1n) is 4.80. The predicted molar refractivity (Wildman–Crippen MR) is 46.8 cm³/mol. The first kappa shape index (κ1) is 7.90. The third kappa shape index (κ3) is 2.13. The zero-order valence-electron chi connectivity index (χ0n) is 7.47. The highest BCUT2D eigenvalue weighted by Crippen LogP contribution is 2.29. The average Bonchev–Trinajstić information content (AvgIpc) is 2.87. The molecule has 0 radical (unpaired) electrons. The number of carbonyl (C=O) groups excluding carboxylic acids is 1. The summed E-state index contributed by atoms with van der Waals surface area (Å²) in [6, 6.07) is 0.473. The molecule has 0 aliphatic heterocycles. The number of rotatable bonds is 3. The number of urea groups is 1. The molecule has 2 rings (SSSR count). The Hall–Kier alpha value is -0.730. The van der Waals surface area contributed by atoms with Crippen molar-refractivity contribution in [3.8, 4) is 0 Å². The Morgan fingerprint density at radius 3 is 2.67 bits per heavy atom. The van der Waals surface area contributed by atoms with Gasteiger partial charge < -0.3 is 10.6 Å². The Morgan fingerprint density at radius 2 is 2.17 bits per heavy atom. The number of hydrogen-bond acceptors (Lipinski definition) is 1. The second-order valence-electron chi connectivity index (χ2n) is 4.12. The molecule has 3 nitrogen and oxygen atoms in total. The van der Waals surface area contributed by atoms with Crippen LogP contribution in [0.25, 0.3) is 0 Å². The van der Waals surface area contributed by atoms with Crippen molar-refractivity contribution in [2.24, 2.45) is 11.8 Å². The van der Waals surface area contributed by atoms with Crippen LogP contribution in [0, 0.1) is 11.8 Å². The molecule has 2 N–H and O–H groups in total. The Kier molecular flexibility index (Phi) is 1.95. The van der Waals surface area contributed by atoms with Crippen molar-refractivity contribution < 1.29 is 4.79 Å². The molecule has 0 saturated heterocycles. The lowest BCUT2D eigenvalue weighted by molar-refractivity contribution is 0.239. The lowest BCUT2D eigenvalue weighted by Gasteiger charge is -2.05. The fourth-order valence-electron chi connectivity index (χ4n) is 1.30.